The van der Waals surface area contributed by atoms with Crippen molar-refractivity contribution >= 4 is 11.4 Å². The monoisotopic (exact) mass is 539 g/mol. The van der Waals surface area contributed by atoms with Crippen LogP contribution in [0.25, 0.3) is 22.5 Å². The summed E-state index contributed by atoms with van der Waals surface area (Å²) in [4.78, 5) is 0. The van der Waals surface area contributed by atoms with E-state index >= 15 is 0 Å². The average molecular weight is 540 g/mol. The highest BCUT2D eigenvalue weighted by Gasteiger charge is 2.26. The first-order valence-electron chi connectivity index (χ1n) is 13.1. The number of tetrazole rings is 1. The number of aromatic nitrogens is 4. The predicted molar refractivity (Wildman–Crippen MR) is 149 cm³/mol. The van der Waals surface area contributed by atoms with Crippen molar-refractivity contribution in [3.05, 3.63) is 102 Å². The fourth-order valence-electron chi connectivity index (χ4n) is 5.22. The third kappa shape index (κ3) is 5.36. The Kier molecular flexibility index (Phi) is 7.09. The summed E-state index contributed by atoms with van der Waals surface area (Å²) in [5.74, 6) is 1.57. The third-order valence-corrected chi connectivity index (χ3v) is 7.02. The lowest BCUT2D eigenvalue weighted by Gasteiger charge is -2.22. The Balaban J connectivity index is 1.51. The van der Waals surface area contributed by atoms with Gasteiger partial charge in [0.15, 0.2) is 5.82 Å². The summed E-state index contributed by atoms with van der Waals surface area (Å²) in [7, 11) is 0. The molecule has 9 heteroatoms. The van der Waals surface area contributed by atoms with Crippen LogP contribution in [-0.4, -0.2) is 33.8 Å². The number of aromatic amines is 1. The molecule has 0 saturated carbocycles. The van der Waals surface area contributed by atoms with E-state index in [0.717, 1.165) is 52.1 Å². The molecule has 40 heavy (non-hydrogen) atoms. The number of fused-ring (bicyclic) bond motifs is 1. The molecule has 1 aliphatic rings. The fourth-order valence-corrected chi connectivity index (χ4v) is 5.22. The Morgan fingerprint density at radius 1 is 0.975 bits per heavy atom. The first-order valence-corrected chi connectivity index (χ1v) is 13.1. The lowest BCUT2D eigenvalue weighted by molar-refractivity contribution is -0.0498. The van der Waals surface area contributed by atoms with Gasteiger partial charge in [-0.25, -0.2) is 5.10 Å². The van der Waals surface area contributed by atoms with E-state index in [1.165, 1.54) is 17.7 Å². The molecule has 0 saturated heterocycles. The Morgan fingerprint density at radius 2 is 1.80 bits per heavy atom. The van der Waals surface area contributed by atoms with Crippen LogP contribution in [0, 0.1) is 6.92 Å². The number of alkyl halides is 2. The van der Waals surface area contributed by atoms with Gasteiger partial charge in [0.25, 0.3) is 0 Å². The normalized spacial score (nSPS) is 14.8. The summed E-state index contributed by atoms with van der Waals surface area (Å²) < 4.78 is 36.2. The number of halogens is 2. The fraction of sp³-hybridized carbons (Fsp3) is 0.194. The number of aryl methyl sites for hydroxylation is 1. The highest BCUT2D eigenvalue weighted by Crippen LogP contribution is 2.46. The first kappa shape index (κ1) is 25.5. The molecule has 1 aromatic heterocycles. The minimum Gasteiger partial charge on any atom is -0.491 e. The maximum atomic E-state index is 12.7. The zero-order chi connectivity index (χ0) is 27.5. The minimum absolute atomic E-state index is 0.0959. The van der Waals surface area contributed by atoms with E-state index in [1.54, 1.807) is 12.1 Å². The molecule has 4 aromatic carbocycles. The van der Waals surface area contributed by atoms with Crippen LogP contribution in [0.4, 0.5) is 20.2 Å². The van der Waals surface area contributed by atoms with Crippen molar-refractivity contribution in [2.75, 3.05) is 11.9 Å². The lowest BCUT2D eigenvalue weighted by Crippen LogP contribution is -2.04. The zero-order valence-corrected chi connectivity index (χ0v) is 21.8. The van der Waals surface area contributed by atoms with Crippen molar-refractivity contribution in [2.24, 2.45) is 0 Å². The number of nitrogens with zero attached hydrogens (tertiary/aromatic N) is 3. The Labute approximate surface area is 230 Å². The van der Waals surface area contributed by atoms with Crippen molar-refractivity contribution in [3.63, 3.8) is 0 Å². The van der Waals surface area contributed by atoms with Gasteiger partial charge in [-0.2, -0.15) is 8.78 Å². The van der Waals surface area contributed by atoms with Crippen LogP contribution in [0.2, 0.25) is 0 Å². The smallest absolute Gasteiger partial charge is 0.387 e. The molecule has 1 atom stereocenters. The molecule has 2 N–H and O–H groups in total. The van der Waals surface area contributed by atoms with Gasteiger partial charge in [-0.1, -0.05) is 54.1 Å². The highest BCUT2D eigenvalue weighted by atomic mass is 19.3. The highest BCUT2D eigenvalue weighted by molar-refractivity contribution is 5.85. The first-order chi connectivity index (χ1) is 19.5. The number of H-pyrrole nitrogens is 1. The molecule has 0 amide bonds. The summed E-state index contributed by atoms with van der Waals surface area (Å²) in [6.07, 6.45) is 1.84. The molecule has 0 spiro atoms. The molecular formula is C31H27F2N5O2. The van der Waals surface area contributed by atoms with E-state index in [0.29, 0.717) is 18.1 Å². The second kappa shape index (κ2) is 11.1. The summed E-state index contributed by atoms with van der Waals surface area (Å²) >= 11 is 0. The maximum Gasteiger partial charge on any atom is 0.387 e. The molecule has 0 aliphatic carbocycles. The number of anilines is 2. The van der Waals surface area contributed by atoms with Gasteiger partial charge in [0.2, 0.25) is 0 Å². The second-order valence-corrected chi connectivity index (χ2v) is 9.72. The molecule has 5 aromatic rings. The van der Waals surface area contributed by atoms with Gasteiger partial charge < -0.3 is 14.8 Å². The largest absolute Gasteiger partial charge is 0.491 e. The van der Waals surface area contributed by atoms with Gasteiger partial charge in [0, 0.05) is 22.7 Å². The zero-order valence-electron chi connectivity index (χ0n) is 21.8. The summed E-state index contributed by atoms with van der Waals surface area (Å²) in [6, 6.07) is 27.3. The molecular weight excluding hydrogens is 512 g/mol. The van der Waals surface area contributed by atoms with Crippen molar-refractivity contribution in [3.8, 4) is 34.0 Å². The predicted octanol–water partition coefficient (Wildman–Crippen LogP) is 7.49. The Hall–Kier alpha value is -4.79. The van der Waals surface area contributed by atoms with E-state index in [9.17, 15) is 8.78 Å². The topological polar surface area (TPSA) is 85.0 Å². The van der Waals surface area contributed by atoms with E-state index < -0.39 is 6.61 Å². The second-order valence-electron chi connectivity index (χ2n) is 9.72. The van der Waals surface area contributed by atoms with Crippen LogP contribution >= 0.6 is 0 Å². The van der Waals surface area contributed by atoms with Crippen molar-refractivity contribution < 1.29 is 18.3 Å². The lowest BCUT2D eigenvalue weighted by atomic mass is 9.85. The maximum absolute atomic E-state index is 12.7. The molecule has 0 bridgehead atoms. The molecule has 6 rings (SSSR count). The molecule has 7 nitrogen and oxygen atoms in total. The number of ether oxygens (including phenoxy) is 2. The van der Waals surface area contributed by atoms with E-state index in [2.05, 4.69) is 73.1 Å². The van der Waals surface area contributed by atoms with Crippen molar-refractivity contribution in [1.29, 1.82) is 0 Å². The molecule has 2 heterocycles. The summed E-state index contributed by atoms with van der Waals surface area (Å²) in [6.45, 7) is -0.240. The third-order valence-electron chi connectivity index (χ3n) is 7.02. The number of hydrogen-bond donors (Lipinski definition) is 2. The van der Waals surface area contributed by atoms with Crippen LogP contribution in [0.1, 0.15) is 35.4 Å². The molecule has 0 radical (unpaired) electrons. The van der Waals surface area contributed by atoms with Crippen LogP contribution in [0.15, 0.2) is 84.9 Å². The van der Waals surface area contributed by atoms with Crippen LogP contribution in [0.5, 0.6) is 11.5 Å². The molecule has 1 aliphatic heterocycles. The van der Waals surface area contributed by atoms with Crippen LogP contribution < -0.4 is 14.8 Å². The molecule has 0 fully saturated rings. The van der Waals surface area contributed by atoms with Gasteiger partial charge >= 0.3 is 6.61 Å². The molecule has 202 valence electrons. The van der Waals surface area contributed by atoms with Crippen LogP contribution in [-0.2, 0) is 0 Å². The van der Waals surface area contributed by atoms with Crippen molar-refractivity contribution in [1.82, 2.24) is 20.6 Å². The number of rotatable bonds is 7. The SMILES string of the molecule is Cc1ccc(-c2nnn[nH]2)c(-c2cc(Nc3ccc(OC(F)F)cc3)c3c(c2)C(c2ccccc2)CCCO3)c1. The van der Waals surface area contributed by atoms with Gasteiger partial charge in [-0.15, -0.1) is 5.10 Å². The summed E-state index contributed by atoms with van der Waals surface area (Å²) in [5, 5.41) is 18.1. The van der Waals surface area contributed by atoms with Crippen molar-refractivity contribution in [2.45, 2.75) is 32.3 Å². The quantitative estimate of drug-likeness (QED) is 0.223. The van der Waals surface area contributed by atoms with Gasteiger partial charge in [0.1, 0.15) is 11.5 Å². The molecule has 1 unspecified atom stereocenters. The van der Waals surface area contributed by atoms with Gasteiger partial charge in [-0.3, -0.25) is 0 Å². The van der Waals surface area contributed by atoms with E-state index in [4.69, 9.17) is 4.74 Å². The average Bonchev–Trinajstić information content (AvgIpc) is 3.41. The van der Waals surface area contributed by atoms with E-state index in [1.807, 2.05) is 25.1 Å². The number of hydrogen-bond acceptors (Lipinski definition) is 6. The number of benzene rings is 4. The van der Waals surface area contributed by atoms with Gasteiger partial charge in [-0.05, 0) is 83.3 Å². The van der Waals surface area contributed by atoms with Crippen LogP contribution in [0.3, 0.4) is 0 Å². The minimum atomic E-state index is -2.88. The summed E-state index contributed by atoms with van der Waals surface area (Å²) in [5.41, 5.74) is 7.71. The number of nitrogens with one attached hydrogen (secondary N) is 2. The Morgan fingerprint density at radius 3 is 2.55 bits per heavy atom. The van der Waals surface area contributed by atoms with E-state index in [-0.39, 0.29) is 11.7 Å². The Bertz CT molecular complexity index is 1590. The van der Waals surface area contributed by atoms with Gasteiger partial charge in [0.05, 0.1) is 12.3 Å². The standard InChI is InChI=1S/C31H27F2N5O2/c1-19-9-14-25(30-35-37-38-36-30)26(16-19)21-17-27-24(20-6-3-2-4-7-20)8-5-15-39-29(27)28(18-21)34-22-10-12-23(13-11-22)40-31(32)33/h2-4,6-7,9-14,16-18,24,31,34H,5,8,15H2,1H3,(H,35,36,37,38).